The molecule has 1 saturated carbocycles. The SMILES string of the molecule is O=C(c1ccc2c(C3=CCN(Cc4ccccc4)CC3)c[nH]c2c1)N1CCN(C2CCCC2)CC1. The highest BCUT2D eigenvalue weighted by Gasteiger charge is 2.28. The van der Waals surface area contributed by atoms with Crippen LogP contribution in [0, 0.1) is 0 Å². The van der Waals surface area contributed by atoms with Crippen molar-refractivity contribution in [3.63, 3.8) is 0 Å². The van der Waals surface area contributed by atoms with Crippen LogP contribution in [0.4, 0.5) is 0 Å². The lowest BCUT2D eigenvalue weighted by Gasteiger charge is -2.38. The van der Waals surface area contributed by atoms with Crippen LogP contribution in [0.3, 0.4) is 0 Å². The van der Waals surface area contributed by atoms with E-state index in [0.29, 0.717) is 0 Å². The standard InChI is InChI=1S/C30H36N4O/c35-30(34-18-16-33(17-19-34)26-8-4-5-9-26)25-10-11-27-28(21-31-29(27)20-25)24-12-14-32(15-13-24)22-23-6-2-1-3-7-23/h1-3,6-7,10-12,20-21,26,31H,4-5,8-9,13-19,22H2. The first-order chi connectivity index (χ1) is 17.2. The van der Waals surface area contributed by atoms with Gasteiger partial charge in [0.25, 0.3) is 5.91 Å². The number of hydrogen-bond acceptors (Lipinski definition) is 3. The Bertz CT molecular complexity index is 1200. The number of benzene rings is 2. The number of aromatic amines is 1. The third-order valence-electron chi connectivity index (χ3n) is 8.26. The predicted octanol–water partition coefficient (Wildman–Crippen LogP) is 5.16. The number of nitrogens with zero attached hydrogens (tertiary/aromatic N) is 3. The van der Waals surface area contributed by atoms with E-state index in [2.05, 4.69) is 69.5 Å². The molecule has 2 aliphatic heterocycles. The van der Waals surface area contributed by atoms with Gasteiger partial charge in [-0.25, -0.2) is 0 Å². The molecule has 3 heterocycles. The molecule has 2 fully saturated rings. The van der Waals surface area contributed by atoms with Gasteiger partial charge in [-0.1, -0.05) is 55.3 Å². The van der Waals surface area contributed by atoms with Gasteiger partial charge in [-0.05, 0) is 42.5 Å². The molecule has 1 saturated heterocycles. The topological polar surface area (TPSA) is 42.6 Å². The summed E-state index contributed by atoms with van der Waals surface area (Å²) in [6.07, 6.45) is 10.9. The minimum atomic E-state index is 0.169. The van der Waals surface area contributed by atoms with Crippen molar-refractivity contribution < 1.29 is 4.79 Å². The van der Waals surface area contributed by atoms with Gasteiger partial charge in [0, 0.05) is 80.1 Å². The summed E-state index contributed by atoms with van der Waals surface area (Å²) >= 11 is 0. The molecule has 2 aromatic carbocycles. The fourth-order valence-corrected chi connectivity index (χ4v) is 6.21. The lowest BCUT2D eigenvalue weighted by atomic mass is 9.98. The summed E-state index contributed by atoms with van der Waals surface area (Å²) in [5.74, 6) is 0.169. The van der Waals surface area contributed by atoms with Gasteiger partial charge in [0.1, 0.15) is 0 Å². The summed E-state index contributed by atoms with van der Waals surface area (Å²) in [6.45, 7) is 6.75. The van der Waals surface area contributed by atoms with Gasteiger partial charge in [-0.3, -0.25) is 14.6 Å². The van der Waals surface area contributed by atoms with E-state index in [4.69, 9.17) is 0 Å². The Kier molecular flexibility index (Phi) is 6.45. The molecule has 0 bridgehead atoms. The van der Waals surface area contributed by atoms with Crippen molar-refractivity contribution >= 4 is 22.4 Å². The minimum absolute atomic E-state index is 0.169. The van der Waals surface area contributed by atoms with Crippen molar-refractivity contribution in [2.24, 2.45) is 0 Å². The van der Waals surface area contributed by atoms with Gasteiger partial charge in [0.2, 0.25) is 0 Å². The van der Waals surface area contributed by atoms with Gasteiger partial charge < -0.3 is 9.88 Å². The highest BCUT2D eigenvalue weighted by molar-refractivity contribution is 6.00. The Hall–Kier alpha value is -2.89. The van der Waals surface area contributed by atoms with Crippen LogP contribution >= 0.6 is 0 Å². The third kappa shape index (κ3) is 4.80. The first-order valence-corrected chi connectivity index (χ1v) is 13.3. The van der Waals surface area contributed by atoms with Crippen LogP contribution in [0.5, 0.6) is 0 Å². The zero-order chi connectivity index (χ0) is 23.6. The number of amides is 1. The van der Waals surface area contributed by atoms with Gasteiger partial charge in [0.05, 0.1) is 0 Å². The Balaban J connectivity index is 1.11. The van der Waals surface area contributed by atoms with Crippen LogP contribution in [0.25, 0.3) is 16.5 Å². The van der Waals surface area contributed by atoms with Crippen molar-refractivity contribution in [3.05, 3.63) is 77.5 Å². The molecule has 6 rings (SSSR count). The fraction of sp³-hybridized carbons (Fsp3) is 0.433. The second-order valence-corrected chi connectivity index (χ2v) is 10.4. The van der Waals surface area contributed by atoms with Gasteiger partial charge in [0.15, 0.2) is 0 Å². The molecule has 35 heavy (non-hydrogen) atoms. The van der Waals surface area contributed by atoms with E-state index in [1.165, 1.54) is 47.8 Å². The van der Waals surface area contributed by atoms with Crippen LogP contribution in [-0.2, 0) is 6.54 Å². The van der Waals surface area contributed by atoms with E-state index in [0.717, 1.165) is 69.4 Å². The molecule has 182 valence electrons. The van der Waals surface area contributed by atoms with Crippen molar-refractivity contribution in [1.29, 1.82) is 0 Å². The number of carbonyl (C=O) groups is 1. The summed E-state index contributed by atoms with van der Waals surface area (Å²) in [5.41, 5.74) is 5.91. The highest BCUT2D eigenvalue weighted by atomic mass is 16.2. The molecule has 5 heteroatoms. The third-order valence-corrected chi connectivity index (χ3v) is 8.26. The maximum absolute atomic E-state index is 13.2. The molecule has 0 radical (unpaired) electrons. The molecule has 3 aliphatic rings. The second kappa shape index (κ2) is 10.00. The van der Waals surface area contributed by atoms with Crippen LogP contribution < -0.4 is 0 Å². The van der Waals surface area contributed by atoms with E-state index in [9.17, 15) is 4.79 Å². The molecule has 1 N–H and O–H groups in total. The van der Waals surface area contributed by atoms with Crippen LogP contribution in [0.1, 0.15) is 53.6 Å². The number of H-pyrrole nitrogens is 1. The number of rotatable bonds is 5. The Labute approximate surface area is 208 Å². The Morgan fingerprint density at radius 1 is 0.943 bits per heavy atom. The van der Waals surface area contributed by atoms with Crippen LogP contribution in [0.15, 0.2) is 60.8 Å². The Morgan fingerprint density at radius 2 is 1.74 bits per heavy atom. The Morgan fingerprint density at radius 3 is 2.49 bits per heavy atom. The molecule has 5 nitrogen and oxygen atoms in total. The average Bonchev–Trinajstić information content (AvgIpc) is 3.60. The van der Waals surface area contributed by atoms with Crippen molar-refractivity contribution in [3.8, 4) is 0 Å². The molecule has 0 spiro atoms. The largest absolute Gasteiger partial charge is 0.361 e. The van der Waals surface area contributed by atoms with E-state index in [1.54, 1.807) is 0 Å². The van der Waals surface area contributed by atoms with E-state index >= 15 is 0 Å². The summed E-state index contributed by atoms with van der Waals surface area (Å²) in [4.78, 5) is 23.8. The number of aromatic nitrogens is 1. The van der Waals surface area contributed by atoms with E-state index in [-0.39, 0.29) is 5.91 Å². The van der Waals surface area contributed by atoms with Crippen LogP contribution in [0.2, 0.25) is 0 Å². The normalized spacial score (nSPS) is 20.5. The summed E-state index contributed by atoms with van der Waals surface area (Å²) in [5, 5.41) is 1.22. The lowest BCUT2D eigenvalue weighted by molar-refractivity contribution is 0.0573. The molecule has 0 atom stereocenters. The fourth-order valence-electron chi connectivity index (χ4n) is 6.21. The zero-order valence-electron chi connectivity index (χ0n) is 20.6. The van der Waals surface area contributed by atoms with E-state index in [1.807, 2.05) is 11.0 Å². The summed E-state index contributed by atoms with van der Waals surface area (Å²) < 4.78 is 0. The smallest absolute Gasteiger partial charge is 0.254 e. The minimum Gasteiger partial charge on any atom is -0.361 e. The number of carbonyl (C=O) groups excluding carboxylic acids is 1. The zero-order valence-corrected chi connectivity index (χ0v) is 20.6. The monoisotopic (exact) mass is 468 g/mol. The average molecular weight is 469 g/mol. The van der Waals surface area contributed by atoms with Crippen molar-refractivity contribution in [2.45, 2.75) is 44.7 Å². The number of piperazine rings is 1. The maximum Gasteiger partial charge on any atom is 0.254 e. The second-order valence-electron chi connectivity index (χ2n) is 10.4. The first-order valence-electron chi connectivity index (χ1n) is 13.3. The first kappa shape index (κ1) is 22.6. The van der Waals surface area contributed by atoms with E-state index < -0.39 is 0 Å². The molecule has 1 aliphatic carbocycles. The predicted molar refractivity (Wildman–Crippen MR) is 142 cm³/mol. The quantitative estimate of drug-likeness (QED) is 0.563. The van der Waals surface area contributed by atoms with Gasteiger partial charge in [-0.2, -0.15) is 0 Å². The summed E-state index contributed by atoms with van der Waals surface area (Å²) in [6, 6.07) is 17.7. The number of fused-ring (bicyclic) bond motifs is 1. The number of hydrogen-bond donors (Lipinski definition) is 1. The number of nitrogens with one attached hydrogen (secondary N) is 1. The van der Waals surface area contributed by atoms with Crippen molar-refractivity contribution in [2.75, 3.05) is 39.3 Å². The maximum atomic E-state index is 13.2. The lowest BCUT2D eigenvalue weighted by Crippen LogP contribution is -2.51. The molecule has 1 amide bonds. The summed E-state index contributed by atoms with van der Waals surface area (Å²) in [7, 11) is 0. The molecule has 0 unspecified atom stereocenters. The highest BCUT2D eigenvalue weighted by Crippen LogP contribution is 2.31. The van der Waals surface area contributed by atoms with Crippen LogP contribution in [-0.4, -0.2) is 70.9 Å². The van der Waals surface area contributed by atoms with Crippen molar-refractivity contribution in [1.82, 2.24) is 19.7 Å². The molecular weight excluding hydrogens is 432 g/mol. The van der Waals surface area contributed by atoms with Gasteiger partial charge >= 0.3 is 0 Å². The molecule has 3 aromatic rings. The molecular formula is C30H36N4O. The van der Waals surface area contributed by atoms with Gasteiger partial charge in [-0.15, -0.1) is 0 Å². The molecule has 1 aromatic heterocycles.